The van der Waals surface area contributed by atoms with E-state index in [4.69, 9.17) is 16.6 Å². The Hall–Kier alpha value is -0.740. The van der Waals surface area contributed by atoms with E-state index in [1.807, 2.05) is 6.07 Å². The van der Waals surface area contributed by atoms with E-state index in [1.54, 1.807) is 0 Å². The van der Waals surface area contributed by atoms with Gasteiger partial charge in [0, 0.05) is 28.9 Å². The summed E-state index contributed by atoms with van der Waals surface area (Å²) in [5.41, 5.74) is 2.22. The van der Waals surface area contributed by atoms with Gasteiger partial charge in [-0.05, 0) is 51.3 Å². The highest BCUT2D eigenvalue weighted by Gasteiger charge is 2.28. The van der Waals surface area contributed by atoms with Gasteiger partial charge in [0.25, 0.3) is 0 Å². The van der Waals surface area contributed by atoms with Gasteiger partial charge >= 0.3 is 0 Å². The molecule has 114 valence electrons. The van der Waals surface area contributed by atoms with Gasteiger partial charge in [0.15, 0.2) is 0 Å². The number of alkyl halides is 1. The molecule has 0 N–H and O–H groups in total. The predicted molar refractivity (Wildman–Crippen MR) is 92.8 cm³/mol. The second kappa shape index (κ2) is 6.17. The summed E-state index contributed by atoms with van der Waals surface area (Å²) in [6.07, 6.45) is 4.57. The van der Waals surface area contributed by atoms with Crippen LogP contribution in [-0.2, 0) is 6.42 Å². The maximum absolute atomic E-state index is 6.00. The van der Waals surface area contributed by atoms with E-state index in [0.29, 0.717) is 18.0 Å². The summed E-state index contributed by atoms with van der Waals surface area (Å²) < 4.78 is 3.41. The molecule has 0 aliphatic carbocycles. The Labute approximate surface area is 139 Å². The minimum Gasteiger partial charge on any atom is -0.306 e. The summed E-state index contributed by atoms with van der Waals surface area (Å²) in [4.78, 5) is 4.80. The number of halogens is 2. The normalized spacial score (nSPS) is 23.0. The molecule has 21 heavy (non-hydrogen) atoms. The van der Waals surface area contributed by atoms with Gasteiger partial charge in [0.2, 0.25) is 0 Å². The summed E-state index contributed by atoms with van der Waals surface area (Å²) in [7, 11) is 0. The number of hydrogen-bond donors (Lipinski definition) is 0. The zero-order chi connectivity index (χ0) is 15.0. The van der Waals surface area contributed by atoms with Gasteiger partial charge in [-0.3, -0.25) is 0 Å². The van der Waals surface area contributed by atoms with Gasteiger partial charge < -0.3 is 5.01 Å². The molecule has 1 aromatic heterocycles. The molecule has 0 spiro atoms. The van der Waals surface area contributed by atoms with E-state index < -0.39 is 0 Å². The van der Waals surface area contributed by atoms with Crippen LogP contribution in [-0.4, -0.2) is 27.6 Å². The standard InChI is InChI=1S/C16H21BrClN3/c1-11-4-3-5-12(2)20(11)21-15-10-13(17)6-7-14(15)19-16(21)8-9-18/h6-7,10-12H,3-5,8-9H2,1-2H3. The van der Waals surface area contributed by atoms with Gasteiger partial charge in [-0.25, -0.2) is 9.66 Å². The molecule has 0 saturated carbocycles. The molecular weight excluding hydrogens is 350 g/mol. The number of imidazole rings is 1. The molecule has 1 aliphatic heterocycles. The minimum absolute atomic E-state index is 0.527. The Bertz CT molecular complexity index is 630. The smallest absolute Gasteiger partial charge is 0.130 e. The van der Waals surface area contributed by atoms with Crippen molar-refractivity contribution in [3.8, 4) is 0 Å². The van der Waals surface area contributed by atoms with Gasteiger partial charge in [0.1, 0.15) is 5.82 Å². The van der Waals surface area contributed by atoms with Crippen molar-refractivity contribution < 1.29 is 0 Å². The molecule has 3 rings (SSSR count). The summed E-state index contributed by atoms with van der Waals surface area (Å²) in [5.74, 6) is 1.67. The number of aromatic nitrogens is 2. The molecule has 2 aromatic rings. The maximum atomic E-state index is 6.00. The monoisotopic (exact) mass is 369 g/mol. The Morgan fingerprint density at radius 1 is 1.29 bits per heavy atom. The summed E-state index contributed by atoms with van der Waals surface area (Å²) in [5, 5.41) is 2.49. The molecule has 0 radical (unpaired) electrons. The Morgan fingerprint density at radius 2 is 2.00 bits per heavy atom. The molecule has 2 heterocycles. The predicted octanol–water partition coefficient (Wildman–Crippen LogP) is 4.48. The molecule has 1 aromatic carbocycles. The Kier molecular flexibility index (Phi) is 4.46. The van der Waals surface area contributed by atoms with Crippen LogP contribution in [0.4, 0.5) is 0 Å². The molecular formula is C16H21BrClN3. The van der Waals surface area contributed by atoms with Crippen molar-refractivity contribution >= 4 is 38.6 Å². The number of benzene rings is 1. The first-order valence-corrected chi connectivity index (χ1v) is 8.96. The van der Waals surface area contributed by atoms with Crippen molar-refractivity contribution in [2.45, 2.75) is 51.6 Å². The van der Waals surface area contributed by atoms with Crippen LogP contribution in [0.3, 0.4) is 0 Å². The Balaban J connectivity index is 2.17. The van der Waals surface area contributed by atoms with Crippen LogP contribution in [0.1, 0.15) is 38.9 Å². The van der Waals surface area contributed by atoms with E-state index in [1.165, 1.54) is 24.8 Å². The quantitative estimate of drug-likeness (QED) is 0.743. The third-order valence-electron chi connectivity index (χ3n) is 4.36. The fourth-order valence-electron chi connectivity index (χ4n) is 3.39. The SMILES string of the molecule is CC1CCCC(C)N1n1c(CCCl)nc2ccc(Br)cc21. The first kappa shape index (κ1) is 15.2. The fourth-order valence-corrected chi connectivity index (χ4v) is 3.91. The lowest BCUT2D eigenvalue weighted by molar-refractivity contribution is 0.336. The zero-order valence-electron chi connectivity index (χ0n) is 12.5. The summed E-state index contributed by atoms with van der Waals surface area (Å²) in [6, 6.07) is 7.34. The van der Waals surface area contributed by atoms with Crippen LogP contribution < -0.4 is 5.01 Å². The first-order chi connectivity index (χ1) is 10.1. The van der Waals surface area contributed by atoms with Crippen LogP contribution in [0.15, 0.2) is 22.7 Å². The summed E-state index contributed by atoms with van der Waals surface area (Å²) in [6.45, 7) is 4.62. The van der Waals surface area contributed by atoms with E-state index in [0.717, 1.165) is 22.2 Å². The number of piperidine rings is 1. The lowest BCUT2D eigenvalue weighted by atomic mass is 10.00. The first-order valence-electron chi connectivity index (χ1n) is 7.63. The lowest BCUT2D eigenvalue weighted by Gasteiger charge is -2.42. The average Bonchev–Trinajstić information content (AvgIpc) is 2.77. The molecule has 1 aliphatic rings. The number of fused-ring (bicyclic) bond motifs is 1. The number of hydrogen-bond acceptors (Lipinski definition) is 2. The van der Waals surface area contributed by atoms with Crippen LogP contribution in [0.2, 0.25) is 0 Å². The third kappa shape index (κ3) is 2.80. The van der Waals surface area contributed by atoms with E-state index in [-0.39, 0.29) is 0 Å². The van der Waals surface area contributed by atoms with Crippen LogP contribution in [0.5, 0.6) is 0 Å². The van der Waals surface area contributed by atoms with Crippen LogP contribution in [0.25, 0.3) is 11.0 Å². The van der Waals surface area contributed by atoms with Crippen molar-refractivity contribution in [2.75, 3.05) is 10.9 Å². The van der Waals surface area contributed by atoms with E-state index in [2.05, 4.69) is 51.6 Å². The van der Waals surface area contributed by atoms with Crippen molar-refractivity contribution in [1.29, 1.82) is 0 Å². The Morgan fingerprint density at radius 3 is 2.67 bits per heavy atom. The number of aryl methyl sites for hydroxylation is 1. The van der Waals surface area contributed by atoms with Crippen molar-refractivity contribution in [2.24, 2.45) is 0 Å². The molecule has 2 atom stereocenters. The molecule has 0 bridgehead atoms. The molecule has 0 amide bonds. The summed E-state index contributed by atoms with van der Waals surface area (Å²) >= 11 is 9.58. The topological polar surface area (TPSA) is 21.1 Å². The highest BCUT2D eigenvalue weighted by molar-refractivity contribution is 9.10. The van der Waals surface area contributed by atoms with E-state index in [9.17, 15) is 0 Å². The second-order valence-corrected chi connectivity index (χ2v) is 7.21. The van der Waals surface area contributed by atoms with Crippen molar-refractivity contribution in [3.05, 3.63) is 28.5 Å². The average molecular weight is 371 g/mol. The largest absolute Gasteiger partial charge is 0.306 e. The van der Waals surface area contributed by atoms with Crippen LogP contribution >= 0.6 is 27.5 Å². The van der Waals surface area contributed by atoms with E-state index >= 15 is 0 Å². The minimum atomic E-state index is 0.527. The third-order valence-corrected chi connectivity index (χ3v) is 5.04. The van der Waals surface area contributed by atoms with Crippen LogP contribution in [0, 0.1) is 0 Å². The molecule has 1 fully saturated rings. The van der Waals surface area contributed by atoms with Crippen molar-refractivity contribution in [1.82, 2.24) is 9.66 Å². The molecule has 2 unspecified atom stereocenters. The van der Waals surface area contributed by atoms with Gasteiger partial charge in [-0.2, -0.15) is 0 Å². The van der Waals surface area contributed by atoms with Gasteiger partial charge in [-0.15, -0.1) is 11.6 Å². The lowest BCUT2D eigenvalue weighted by Crippen LogP contribution is -2.51. The highest BCUT2D eigenvalue weighted by atomic mass is 79.9. The molecule has 3 nitrogen and oxygen atoms in total. The fraction of sp³-hybridized carbons (Fsp3) is 0.562. The molecule has 1 saturated heterocycles. The van der Waals surface area contributed by atoms with Gasteiger partial charge in [0.05, 0.1) is 11.0 Å². The number of nitrogens with zero attached hydrogens (tertiary/aromatic N) is 3. The highest BCUT2D eigenvalue weighted by Crippen LogP contribution is 2.28. The molecule has 5 heteroatoms. The van der Waals surface area contributed by atoms with Gasteiger partial charge in [-0.1, -0.05) is 15.9 Å². The zero-order valence-corrected chi connectivity index (χ0v) is 14.9. The maximum Gasteiger partial charge on any atom is 0.130 e. The van der Waals surface area contributed by atoms with Crippen molar-refractivity contribution in [3.63, 3.8) is 0 Å². The number of rotatable bonds is 3. The second-order valence-electron chi connectivity index (χ2n) is 5.92.